The summed E-state index contributed by atoms with van der Waals surface area (Å²) in [6, 6.07) is 7.69. The molecule has 5 rings (SSSR count). The van der Waals surface area contributed by atoms with E-state index < -0.39 is 22.4 Å². The lowest BCUT2D eigenvalue weighted by molar-refractivity contribution is 0.154. The summed E-state index contributed by atoms with van der Waals surface area (Å²) in [5, 5.41) is 14.9. The van der Waals surface area contributed by atoms with Crippen LogP contribution in [-0.2, 0) is 20.9 Å². The zero-order valence-electron chi connectivity index (χ0n) is 17.4. The largest absolute Gasteiger partial charge is 0.391 e. The zero-order valence-corrected chi connectivity index (χ0v) is 19.8. The Balaban J connectivity index is 1.40. The zero-order chi connectivity index (χ0) is 22.5. The van der Waals surface area contributed by atoms with Crippen LogP contribution in [0.3, 0.4) is 0 Å². The van der Waals surface area contributed by atoms with Crippen LogP contribution in [0.25, 0.3) is 11.0 Å². The number of nitrogens with one attached hydrogen (secondary N) is 2. The SMILES string of the molecule is COS(=O)(=O)N[C@H]1C[C@@H](n2ccc3c(N[C@@H]4CCc5c(Br)cccc54)ncnc32)C[C@@H]1O. The van der Waals surface area contributed by atoms with Gasteiger partial charge in [0.15, 0.2) is 0 Å². The van der Waals surface area contributed by atoms with Gasteiger partial charge in [0.25, 0.3) is 0 Å². The molecule has 2 heterocycles. The van der Waals surface area contributed by atoms with Crippen molar-refractivity contribution < 1.29 is 17.7 Å². The van der Waals surface area contributed by atoms with Crippen LogP contribution in [0, 0.1) is 0 Å². The van der Waals surface area contributed by atoms with Crippen molar-refractivity contribution in [2.45, 2.75) is 49.9 Å². The van der Waals surface area contributed by atoms with Crippen LogP contribution in [0.2, 0.25) is 0 Å². The highest BCUT2D eigenvalue weighted by Gasteiger charge is 2.37. The molecule has 2 aliphatic rings. The number of hydrogen-bond donors (Lipinski definition) is 3. The van der Waals surface area contributed by atoms with Crippen molar-refractivity contribution in [3.05, 3.63) is 52.4 Å². The summed E-state index contributed by atoms with van der Waals surface area (Å²) in [5.41, 5.74) is 3.36. The van der Waals surface area contributed by atoms with Crippen LogP contribution in [0.5, 0.6) is 0 Å². The summed E-state index contributed by atoms with van der Waals surface area (Å²) < 4.78 is 33.5. The van der Waals surface area contributed by atoms with E-state index in [-0.39, 0.29) is 12.1 Å². The van der Waals surface area contributed by atoms with Gasteiger partial charge >= 0.3 is 10.3 Å². The van der Waals surface area contributed by atoms with Crippen LogP contribution in [0.4, 0.5) is 5.82 Å². The highest BCUT2D eigenvalue weighted by Crippen LogP contribution is 2.39. The maximum Gasteiger partial charge on any atom is 0.335 e. The smallest absolute Gasteiger partial charge is 0.335 e. The molecule has 0 unspecified atom stereocenters. The summed E-state index contributed by atoms with van der Waals surface area (Å²) in [6.45, 7) is 0. The highest BCUT2D eigenvalue weighted by molar-refractivity contribution is 9.10. The molecule has 0 amide bonds. The molecular formula is C21H24BrN5O4S. The van der Waals surface area contributed by atoms with Crippen molar-refractivity contribution in [3.8, 4) is 0 Å². The topological polar surface area (TPSA) is 118 Å². The molecule has 4 atom stereocenters. The fourth-order valence-corrected chi connectivity index (χ4v) is 6.18. The minimum atomic E-state index is -3.88. The van der Waals surface area contributed by atoms with Crippen LogP contribution in [-0.4, -0.2) is 47.3 Å². The van der Waals surface area contributed by atoms with Crippen molar-refractivity contribution in [1.82, 2.24) is 19.3 Å². The molecule has 1 fully saturated rings. The second-order valence-electron chi connectivity index (χ2n) is 8.26. The molecule has 0 saturated heterocycles. The average molecular weight is 522 g/mol. The number of benzene rings is 1. The second kappa shape index (κ2) is 8.38. The third kappa shape index (κ3) is 3.92. The van der Waals surface area contributed by atoms with Crippen molar-refractivity contribution in [3.63, 3.8) is 0 Å². The first-order valence-electron chi connectivity index (χ1n) is 10.5. The van der Waals surface area contributed by atoms with Gasteiger partial charge in [-0.25, -0.2) is 9.97 Å². The van der Waals surface area contributed by atoms with E-state index in [9.17, 15) is 13.5 Å². The van der Waals surface area contributed by atoms with E-state index in [4.69, 9.17) is 0 Å². The third-order valence-corrected chi connectivity index (χ3v) is 8.22. The van der Waals surface area contributed by atoms with E-state index in [2.05, 4.69) is 58.3 Å². The molecule has 11 heteroatoms. The van der Waals surface area contributed by atoms with Crippen LogP contribution in [0.15, 0.2) is 41.3 Å². The first kappa shape index (κ1) is 21.8. The second-order valence-corrected chi connectivity index (χ2v) is 10.6. The van der Waals surface area contributed by atoms with Crippen molar-refractivity contribution in [2.24, 2.45) is 0 Å². The number of anilines is 1. The molecule has 0 spiro atoms. The Labute approximate surface area is 194 Å². The molecule has 3 N–H and O–H groups in total. The first-order chi connectivity index (χ1) is 15.4. The summed E-state index contributed by atoms with van der Waals surface area (Å²) >= 11 is 3.65. The molecule has 2 aliphatic carbocycles. The van der Waals surface area contributed by atoms with E-state index in [1.165, 1.54) is 17.5 Å². The summed E-state index contributed by atoms with van der Waals surface area (Å²) in [6.07, 6.45) is 5.49. The Morgan fingerprint density at radius 1 is 1.25 bits per heavy atom. The minimum Gasteiger partial charge on any atom is -0.391 e. The van der Waals surface area contributed by atoms with E-state index >= 15 is 0 Å². The maximum atomic E-state index is 11.7. The number of aliphatic hydroxyl groups is 1. The minimum absolute atomic E-state index is 0.0991. The first-order valence-corrected chi connectivity index (χ1v) is 12.7. The monoisotopic (exact) mass is 521 g/mol. The summed E-state index contributed by atoms with van der Waals surface area (Å²) in [4.78, 5) is 8.97. The number of aliphatic hydroxyl groups excluding tert-OH is 1. The van der Waals surface area contributed by atoms with Crippen LogP contribution in [0.1, 0.15) is 42.5 Å². The number of hydrogen-bond acceptors (Lipinski definition) is 7. The molecule has 1 saturated carbocycles. The lowest BCUT2D eigenvalue weighted by atomic mass is 10.1. The van der Waals surface area contributed by atoms with Gasteiger partial charge in [-0.3, -0.25) is 4.18 Å². The standard InChI is InChI=1S/C21H24BrN5O4S/c1-31-32(29,30)26-18-9-12(10-19(18)28)27-8-7-15-20(23-11-24-21(15)27)25-17-6-5-13-14(17)3-2-4-16(13)22/h2-4,7-8,11-12,17-19,26,28H,5-6,9-10H2,1H3,(H,23,24,25)/t12-,17-,18+,19+/m1/s1. The fraction of sp³-hybridized carbons (Fsp3) is 0.429. The number of nitrogens with zero attached hydrogens (tertiary/aromatic N) is 3. The molecule has 0 bridgehead atoms. The maximum absolute atomic E-state index is 11.7. The normalized spacial score (nSPS) is 25.3. The molecule has 2 aromatic heterocycles. The number of fused-ring (bicyclic) bond motifs is 2. The molecule has 0 radical (unpaired) electrons. The Hall–Kier alpha value is -2.05. The Kier molecular flexibility index (Phi) is 5.70. The Morgan fingerprint density at radius 3 is 2.91 bits per heavy atom. The number of aromatic nitrogens is 3. The van der Waals surface area contributed by atoms with Gasteiger partial charge in [-0.05, 0) is 48.9 Å². The molecule has 0 aliphatic heterocycles. The predicted molar refractivity (Wildman–Crippen MR) is 123 cm³/mol. The van der Waals surface area contributed by atoms with E-state index in [0.717, 1.165) is 41.3 Å². The van der Waals surface area contributed by atoms with Crippen LogP contribution >= 0.6 is 15.9 Å². The number of halogens is 1. The fourth-order valence-electron chi connectivity index (χ4n) is 4.88. The van der Waals surface area contributed by atoms with Gasteiger partial charge in [0.1, 0.15) is 17.8 Å². The van der Waals surface area contributed by atoms with Crippen LogP contribution < -0.4 is 10.0 Å². The van der Waals surface area contributed by atoms with Crippen molar-refractivity contribution in [2.75, 3.05) is 12.4 Å². The Morgan fingerprint density at radius 2 is 2.09 bits per heavy atom. The molecule has 9 nitrogen and oxygen atoms in total. The molecule has 32 heavy (non-hydrogen) atoms. The van der Waals surface area contributed by atoms with E-state index in [0.29, 0.717) is 12.8 Å². The van der Waals surface area contributed by atoms with Gasteiger partial charge in [-0.1, -0.05) is 28.1 Å². The van der Waals surface area contributed by atoms with Gasteiger partial charge in [-0.2, -0.15) is 13.1 Å². The lowest BCUT2D eigenvalue weighted by Crippen LogP contribution is -2.40. The average Bonchev–Trinajstić information content (AvgIpc) is 3.47. The summed E-state index contributed by atoms with van der Waals surface area (Å²) in [5.74, 6) is 0.766. The quantitative estimate of drug-likeness (QED) is 0.456. The third-order valence-electron chi connectivity index (χ3n) is 6.45. The molecule has 3 aromatic rings. The van der Waals surface area contributed by atoms with Gasteiger partial charge < -0.3 is 15.0 Å². The molecule has 170 valence electrons. The lowest BCUT2D eigenvalue weighted by Gasteiger charge is -2.17. The van der Waals surface area contributed by atoms with Crippen molar-refractivity contribution >= 4 is 43.1 Å². The number of rotatable bonds is 6. The van der Waals surface area contributed by atoms with E-state index in [1.54, 1.807) is 0 Å². The van der Waals surface area contributed by atoms with Gasteiger partial charge in [0, 0.05) is 16.7 Å². The molecular weight excluding hydrogens is 498 g/mol. The molecule has 1 aromatic carbocycles. The van der Waals surface area contributed by atoms with Gasteiger partial charge in [-0.15, -0.1) is 0 Å². The van der Waals surface area contributed by atoms with Crippen molar-refractivity contribution in [1.29, 1.82) is 0 Å². The van der Waals surface area contributed by atoms with E-state index in [1.807, 2.05) is 16.8 Å². The predicted octanol–water partition coefficient (Wildman–Crippen LogP) is 2.84. The van der Waals surface area contributed by atoms with Gasteiger partial charge in [0.2, 0.25) is 0 Å². The van der Waals surface area contributed by atoms with Gasteiger partial charge in [0.05, 0.1) is 30.7 Å². The highest BCUT2D eigenvalue weighted by atomic mass is 79.9. The summed E-state index contributed by atoms with van der Waals surface area (Å²) in [7, 11) is -2.79. The Bertz CT molecular complexity index is 1260.